The van der Waals surface area contributed by atoms with E-state index in [0.717, 1.165) is 31.4 Å². The van der Waals surface area contributed by atoms with E-state index in [1.165, 1.54) is 18.6 Å². The highest BCUT2D eigenvalue weighted by molar-refractivity contribution is 5.84. The van der Waals surface area contributed by atoms with Crippen LogP contribution in [0.1, 0.15) is 37.3 Å². The van der Waals surface area contributed by atoms with Crippen LogP contribution in [0.4, 0.5) is 4.39 Å². The number of likely N-dealkylation sites (tertiary alicyclic amines) is 1. The van der Waals surface area contributed by atoms with Crippen LogP contribution in [0.2, 0.25) is 0 Å². The van der Waals surface area contributed by atoms with Crippen molar-refractivity contribution >= 4 is 5.91 Å². The highest BCUT2D eigenvalue weighted by Gasteiger charge is 2.46. The SMILES string of the molecule is O=C(C1NNC2CCCC21)N1CCC1c1ccc(F)cc1. The van der Waals surface area contributed by atoms with E-state index in [0.29, 0.717) is 12.0 Å². The van der Waals surface area contributed by atoms with Crippen LogP contribution < -0.4 is 10.9 Å². The summed E-state index contributed by atoms with van der Waals surface area (Å²) in [5.41, 5.74) is 7.49. The summed E-state index contributed by atoms with van der Waals surface area (Å²) < 4.78 is 13.0. The van der Waals surface area contributed by atoms with Crippen LogP contribution in [-0.4, -0.2) is 29.4 Å². The lowest BCUT2D eigenvalue weighted by Crippen LogP contribution is -2.54. The normalized spacial score (nSPS) is 34.6. The van der Waals surface area contributed by atoms with E-state index in [1.807, 2.05) is 4.90 Å². The number of nitrogens with zero attached hydrogens (tertiary/aromatic N) is 1. The van der Waals surface area contributed by atoms with Gasteiger partial charge in [0.25, 0.3) is 0 Å². The van der Waals surface area contributed by atoms with E-state index in [2.05, 4.69) is 10.9 Å². The molecule has 2 N–H and O–H groups in total. The van der Waals surface area contributed by atoms with Crippen molar-refractivity contribution in [3.8, 4) is 0 Å². The highest BCUT2D eigenvalue weighted by Crippen LogP contribution is 2.37. The molecule has 1 aromatic rings. The van der Waals surface area contributed by atoms with Crippen LogP contribution in [0.5, 0.6) is 0 Å². The molecule has 0 bridgehead atoms. The highest BCUT2D eigenvalue weighted by atomic mass is 19.1. The molecule has 2 heterocycles. The Kier molecular flexibility index (Phi) is 3.19. The van der Waals surface area contributed by atoms with Crippen molar-refractivity contribution in [2.24, 2.45) is 5.92 Å². The Hall–Kier alpha value is -1.46. The number of fused-ring (bicyclic) bond motifs is 1. The maximum Gasteiger partial charge on any atom is 0.241 e. The van der Waals surface area contributed by atoms with Gasteiger partial charge in [0.15, 0.2) is 0 Å². The number of hydrogen-bond donors (Lipinski definition) is 2. The van der Waals surface area contributed by atoms with Crippen molar-refractivity contribution in [3.63, 3.8) is 0 Å². The smallest absolute Gasteiger partial charge is 0.241 e. The van der Waals surface area contributed by atoms with Crippen LogP contribution >= 0.6 is 0 Å². The van der Waals surface area contributed by atoms with Gasteiger partial charge >= 0.3 is 0 Å². The Morgan fingerprint density at radius 1 is 1.14 bits per heavy atom. The first-order valence-corrected chi connectivity index (χ1v) is 7.81. The molecule has 112 valence electrons. The molecule has 1 saturated carbocycles. The van der Waals surface area contributed by atoms with E-state index in [1.54, 1.807) is 12.1 Å². The summed E-state index contributed by atoms with van der Waals surface area (Å²) in [7, 11) is 0. The number of hydrazine groups is 1. The third kappa shape index (κ3) is 2.15. The zero-order chi connectivity index (χ0) is 14.4. The van der Waals surface area contributed by atoms with Gasteiger partial charge < -0.3 is 4.90 Å². The quantitative estimate of drug-likeness (QED) is 0.872. The van der Waals surface area contributed by atoms with Crippen molar-refractivity contribution in [3.05, 3.63) is 35.6 Å². The van der Waals surface area contributed by atoms with Crippen molar-refractivity contribution in [1.29, 1.82) is 0 Å². The van der Waals surface area contributed by atoms with Crippen LogP contribution in [0, 0.1) is 11.7 Å². The van der Waals surface area contributed by atoms with Crippen molar-refractivity contribution in [2.75, 3.05) is 6.54 Å². The minimum absolute atomic E-state index is 0.0965. The largest absolute Gasteiger partial charge is 0.334 e. The fourth-order valence-corrected chi connectivity index (χ4v) is 3.98. The Balaban J connectivity index is 1.48. The van der Waals surface area contributed by atoms with Gasteiger partial charge in [-0.15, -0.1) is 0 Å². The van der Waals surface area contributed by atoms with E-state index in [9.17, 15) is 9.18 Å². The zero-order valence-electron chi connectivity index (χ0n) is 11.9. The molecule has 0 radical (unpaired) electrons. The van der Waals surface area contributed by atoms with Gasteiger partial charge in [-0.2, -0.15) is 0 Å². The second kappa shape index (κ2) is 5.07. The molecule has 1 aromatic carbocycles. The first-order valence-electron chi connectivity index (χ1n) is 7.81. The molecular weight excluding hydrogens is 269 g/mol. The number of carbonyl (C=O) groups excluding carboxylic acids is 1. The van der Waals surface area contributed by atoms with Crippen LogP contribution in [0.15, 0.2) is 24.3 Å². The van der Waals surface area contributed by atoms with Gasteiger partial charge in [0.1, 0.15) is 11.9 Å². The Morgan fingerprint density at radius 2 is 1.95 bits per heavy atom. The minimum atomic E-state index is -0.230. The maximum atomic E-state index is 13.0. The fraction of sp³-hybridized carbons (Fsp3) is 0.562. The van der Waals surface area contributed by atoms with Crippen molar-refractivity contribution in [1.82, 2.24) is 15.8 Å². The van der Waals surface area contributed by atoms with Gasteiger partial charge in [-0.05, 0) is 37.0 Å². The number of halogens is 1. The van der Waals surface area contributed by atoms with E-state index < -0.39 is 0 Å². The zero-order valence-corrected chi connectivity index (χ0v) is 11.9. The summed E-state index contributed by atoms with van der Waals surface area (Å²) in [5, 5.41) is 0. The van der Waals surface area contributed by atoms with Gasteiger partial charge in [0.05, 0.1) is 6.04 Å². The third-order valence-electron chi connectivity index (χ3n) is 5.25. The number of benzene rings is 1. The summed E-state index contributed by atoms with van der Waals surface area (Å²) in [6, 6.07) is 6.98. The lowest BCUT2D eigenvalue weighted by molar-refractivity contribution is -0.142. The van der Waals surface area contributed by atoms with Crippen molar-refractivity contribution < 1.29 is 9.18 Å². The molecule has 3 aliphatic rings. The van der Waals surface area contributed by atoms with Gasteiger partial charge in [-0.1, -0.05) is 18.6 Å². The average molecular weight is 289 g/mol. The number of carbonyl (C=O) groups is 1. The Labute approximate surface area is 123 Å². The van der Waals surface area contributed by atoms with Crippen molar-refractivity contribution in [2.45, 2.75) is 43.8 Å². The van der Waals surface area contributed by atoms with Gasteiger partial charge in [-0.3, -0.25) is 10.2 Å². The number of nitrogens with one attached hydrogen (secondary N) is 2. The van der Waals surface area contributed by atoms with Crippen LogP contribution in [-0.2, 0) is 4.79 Å². The lowest BCUT2D eigenvalue weighted by Gasteiger charge is -2.43. The maximum absolute atomic E-state index is 13.0. The lowest BCUT2D eigenvalue weighted by atomic mass is 9.90. The molecule has 4 nitrogen and oxygen atoms in total. The predicted molar refractivity (Wildman–Crippen MR) is 76.7 cm³/mol. The van der Waals surface area contributed by atoms with Crippen LogP contribution in [0.25, 0.3) is 0 Å². The topological polar surface area (TPSA) is 44.4 Å². The molecule has 4 rings (SSSR count). The molecule has 1 aliphatic carbocycles. The molecule has 4 unspecified atom stereocenters. The summed E-state index contributed by atoms with van der Waals surface area (Å²) in [5.74, 6) is 0.385. The predicted octanol–water partition coefficient (Wildman–Crippen LogP) is 1.74. The number of amides is 1. The van der Waals surface area contributed by atoms with Gasteiger partial charge in [0.2, 0.25) is 5.91 Å². The summed E-state index contributed by atoms with van der Waals surface area (Å²) in [6.45, 7) is 0.802. The van der Waals surface area contributed by atoms with Gasteiger partial charge in [0, 0.05) is 18.5 Å². The number of rotatable bonds is 2. The van der Waals surface area contributed by atoms with Crippen LogP contribution in [0.3, 0.4) is 0 Å². The molecular formula is C16H20FN3O. The average Bonchev–Trinajstić information content (AvgIpc) is 3.02. The summed E-state index contributed by atoms with van der Waals surface area (Å²) in [6.07, 6.45) is 4.44. The first kappa shape index (κ1) is 13.2. The second-order valence-corrected chi connectivity index (χ2v) is 6.36. The molecule has 5 heteroatoms. The third-order valence-corrected chi connectivity index (χ3v) is 5.25. The standard InChI is InChI=1S/C16H20FN3O/c17-11-6-4-10(5-7-11)14-8-9-20(14)16(21)15-12-2-1-3-13(12)18-19-15/h4-7,12-15,18-19H,1-3,8-9H2. The Morgan fingerprint density at radius 3 is 2.67 bits per heavy atom. The molecule has 4 atom stereocenters. The fourth-order valence-electron chi connectivity index (χ4n) is 3.98. The first-order chi connectivity index (χ1) is 10.2. The molecule has 0 spiro atoms. The molecule has 3 fully saturated rings. The summed E-state index contributed by atoms with van der Waals surface area (Å²) in [4.78, 5) is 14.7. The summed E-state index contributed by atoms with van der Waals surface area (Å²) >= 11 is 0. The molecule has 21 heavy (non-hydrogen) atoms. The monoisotopic (exact) mass is 289 g/mol. The number of hydrogen-bond acceptors (Lipinski definition) is 3. The molecule has 0 aromatic heterocycles. The molecule has 1 amide bonds. The second-order valence-electron chi connectivity index (χ2n) is 6.36. The molecule has 2 aliphatic heterocycles. The molecule has 2 saturated heterocycles. The van der Waals surface area contributed by atoms with Gasteiger partial charge in [-0.25, -0.2) is 9.82 Å². The van der Waals surface area contributed by atoms with E-state index in [4.69, 9.17) is 0 Å². The Bertz CT molecular complexity index is 547. The van der Waals surface area contributed by atoms with E-state index in [-0.39, 0.29) is 23.8 Å². The van der Waals surface area contributed by atoms with E-state index >= 15 is 0 Å². The minimum Gasteiger partial charge on any atom is -0.334 e.